The molecule has 2 bridgehead atoms. The first kappa shape index (κ1) is 8.28. The predicted octanol–water partition coefficient (Wildman–Crippen LogP) is 2.71. The van der Waals surface area contributed by atoms with Crippen molar-refractivity contribution >= 4 is 0 Å². The molecule has 0 radical (unpaired) electrons. The Labute approximate surface area is 81.3 Å². The molecule has 2 heterocycles. The first-order valence-corrected chi connectivity index (χ1v) is 6.12. The minimum Gasteiger partial charge on any atom is -0.313 e. The molecule has 0 aromatic rings. The summed E-state index contributed by atoms with van der Waals surface area (Å²) in [6.07, 6.45) is 12.1. The van der Waals surface area contributed by atoms with Crippen LogP contribution in [0.15, 0.2) is 0 Å². The van der Waals surface area contributed by atoms with Crippen molar-refractivity contribution in [1.29, 1.82) is 0 Å². The lowest BCUT2D eigenvalue weighted by atomic mass is 9.60. The summed E-state index contributed by atoms with van der Waals surface area (Å²) < 4.78 is 0. The van der Waals surface area contributed by atoms with Gasteiger partial charge in [0.05, 0.1) is 0 Å². The van der Waals surface area contributed by atoms with Crippen LogP contribution >= 0.6 is 0 Å². The van der Waals surface area contributed by atoms with Gasteiger partial charge in [-0.1, -0.05) is 25.7 Å². The largest absolute Gasteiger partial charge is 0.313 e. The summed E-state index contributed by atoms with van der Waals surface area (Å²) in [6, 6.07) is 0.920. The normalized spacial score (nSPS) is 45.7. The standard InChI is InChI=1S/C12H21N/c1-2-4-6-10(5-3-1)12-7-11(8-12)13-9-12/h10-11,13H,1-9H2. The van der Waals surface area contributed by atoms with Crippen LogP contribution in [0.4, 0.5) is 0 Å². The molecule has 2 saturated heterocycles. The molecule has 2 aliphatic carbocycles. The van der Waals surface area contributed by atoms with E-state index in [-0.39, 0.29) is 0 Å². The zero-order valence-electron chi connectivity index (χ0n) is 8.52. The Bertz CT molecular complexity index is 180. The van der Waals surface area contributed by atoms with Crippen LogP contribution in [0.1, 0.15) is 51.4 Å². The summed E-state index contributed by atoms with van der Waals surface area (Å²) in [5, 5.41) is 3.65. The van der Waals surface area contributed by atoms with E-state index in [0.29, 0.717) is 0 Å². The van der Waals surface area contributed by atoms with E-state index in [4.69, 9.17) is 0 Å². The van der Waals surface area contributed by atoms with Crippen molar-refractivity contribution in [3.63, 3.8) is 0 Å². The van der Waals surface area contributed by atoms with Gasteiger partial charge in [-0.25, -0.2) is 0 Å². The van der Waals surface area contributed by atoms with Gasteiger partial charge in [0.2, 0.25) is 0 Å². The van der Waals surface area contributed by atoms with E-state index in [1.807, 2.05) is 0 Å². The second-order valence-electron chi connectivity index (χ2n) is 5.54. The molecular weight excluding hydrogens is 158 g/mol. The van der Waals surface area contributed by atoms with Crippen LogP contribution in [-0.2, 0) is 0 Å². The van der Waals surface area contributed by atoms with Crippen molar-refractivity contribution in [1.82, 2.24) is 5.32 Å². The summed E-state index contributed by atoms with van der Waals surface area (Å²) in [5.41, 5.74) is 0.787. The molecule has 2 aliphatic heterocycles. The average Bonchev–Trinajstić information content (AvgIpc) is 2.56. The van der Waals surface area contributed by atoms with Crippen molar-refractivity contribution in [3.8, 4) is 0 Å². The summed E-state index contributed by atoms with van der Waals surface area (Å²) in [4.78, 5) is 0. The maximum atomic E-state index is 3.65. The van der Waals surface area contributed by atoms with Gasteiger partial charge in [0, 0.05) is 12.6 Å². The molecule has 0 unspecified atom stereocenters. The van der Waals surface area contributed by atoms with Crippen LogP contribution in [0.3, 0.4) is 0 Å². The lowest BCUT2D eigenvalue weighted by molar-refractivity contribution is 0.0889. The van der Waals surface area contributed by atoms with Crippen molar-refractivity contribution in [3.05, 3.63) is 0 Å². The molecule has 13 heavy (non-hydrogen) atoms. The Kier molecular flexibility index (Phi) is 1.90. The number of rotatable bonds is 1. The number of hydrogen-bond donors (Lipinski definition) is 1. The van der Waals surface area contributed by atoms with E-state index in [9.17, 15) is 0 Å². The van der Waals surface area contributed by atoms with Crippen LogP contribution in [0.2, 0.25) is 0 Å². The zero-order valence-corrected chi connectivity index (χ0v) is 8.52. The second kappa shape index (κ2) is 2.98. The molecule has 2 saturated carbocycles. The predicted molar refractivity (Wildman–Crippen MR) is 54.6 cm³/mol. The number of fused-ring (bicyclic) bond motifs is 1. The fraction of sp³-hybridized carbons (Fsp3) is 1.00. The second-order valence-corrected chi connectivity index (χ2v) is 5.54. The molecule has 0 aromatic carbocycles. The van der Waals surface area contributed by atoms with E-state index in [2.05, 4.69) is 5.32 Å². The van der Waals surface area contributed by atoms with Crippen LogP contribution in [0, 0.1) is 11.3 Å². The Morgan fingerprint density at radius 2 is 1.62 bits per heavy atom. The lowest BCUT2D eigenvalue weighted by Gasteiger charge is -2.43. The Balaban J connectivity index is 1.69. The molecular formula is C12H21N. The highest BCUT2D eigenvalue weighted by Gasteiger charge is 2.53. The van der Waals surface area contributed by atoms with Crippen LogP contribution in [-0.4, -0.2) is 12.6 Å². The molecule has 74 valence electrons. The first-order valence-electron chi connectivity index (χ1n) is 6.12. The summed E-state index contributed by atoms with van der Waals surface area (Å²) in [7, 11) is 0. The third-order valence-electron chi connectivity index (χ3n) is 4.77. The fourth-order valence-corrected chi connectivity index (χ4v) is 3.93. The molecule has 4 aliphatic rings. The molecule has 0 amide bonds. The molecule has 0 spiro atoms. The third kappa shape index (κ3) is 1.24. The van der Waals surface area contributed by atoms with Gasteiger partial charge < -0.3 is 5.32 Å². The van der Waals surface area contributed by atoms with Crippen LogP contribution < -0.4 is 5.32 Å². The van der Waals surface area contributed by atoms with E-state index >= 15 is 0 Å². The van der Waals surface area contributed by atoms with Gasteiger partial charge in [-0.3, -0.25) is 0 Å². The van der Waals surface area contributed by atoms with Gasteiger partial charge >= 0.3 is 0 Å². The summed E-state index contributed by atoms with van der Waals surface area (Å²) in [6.45, 7) is 1.35. The van der Waals surface area contributed by atoms with Crippen molar-refractivity contribution in [2.45, 2.75) is 57.4 Å². The molecule has 4 fully saturated rings. The molecule has 1 N–H and O–H groups in total. The van der Waals surface area contributed by atoms with E-state index < -0.39 is 0 Å². The van der Waals surface area contributed by atoms with Crippen molar-refractivity contribution in [2.75, 3.05) is 6.54 Å². The van der Waals surface area contributed by atoms with Gasteiger partial charge in [0.25, 0.3) is 0 Å². The van der Waals surface area contributed by atoms with Gasteiger partial charge in [-0.05, 0) is 37.0 Å². The monoisotopic (exact) mass is 179 g/mol. The highest BCUT2D eigenvalue weighted by Crippen LogP contribution is 2.55. The molecule has 4 rings (SSSR count). The molecule has 1 heteroatoms. The highest BCUT2D eigenvalue weighted by atomic mass is 15.0. The van der Waals surface area contributed by atoms with E-state index in [1.54, 1.807) is 0 Å². The topological polar surface area (TPSA) is 12.0 Å². The van der Waals surface area contributed by atoms with Gasteiger partial charge in [-0.15, -0.1) is 0 Å². The smallest absolute Gasteiger partial charge is 0.00790 e. The van der Waals surface area contributed by atoms with Crippen LogP contribution in [0.5, 0.6) is 0 Å². The minimum atomic E-state index is 0.787. The molecule has 0 aromatic heterocycles. The Hall–Kier alpha value is -0.0400. The molecule has 0 atom stereocenters. The van der Waals surface area contributed by atoms with E-state index in [1.165, 1.54) is 57.9 Å². The Morgan fingerprint density at radius 3 is 2.15 bits per heavy atom. The van der Waals surface area contributed by atoms with Gasteiger partial charge in [-0.2, -0.15) is 0 Å². The van der Waals surface area contributed by atoms with Gasteiger partial charge in [0.15, 0.2) is 0 Å². The van der Waals surface area contributed by atoms with E-state index in [0.717, 1.165) is 17.4 Å². The van der Waals surface area contributed by atoms with Crippen molar-refractivity contribution < 1.29 is 0 Å². The number of hydrogen-bond acceptors (Lipinski definition) is 1. The quantitative estimate of drug-likeness (QED) is 0.610. The van der Waals surface area contributed by atoms with Gasteiger partial charge in [0.1, 0.15) is 0 Å². The first-order chi connectivity index (χ1) is 6.39. The third-order valence-corrected chi connectivity index (χ3v) is 4.77. The molecule has 1 nitrogen and oxygen atoms in total. The minimum absolute atomic E-state index is 0.787. The van der Waals surface area contributed by atoms with Crippen LogP contribution in [0.25, 0.3) is 0 Å². The SMILES string of the molecule is C1CCCC(C23CNC(C2)C3)CC1. The fourth-order valence-electron chi connectivity index (χ4n) is 3.93. The van der Waals surface area contributed by atoms with Crippen molar-refractivity contribution in [2.24, 2.45) is 11.3 Å². The number of nitrogens with one attached hydrogen (secondary N) is 1. The maximum absolute atomic E-state index is 3.65. The average molecular weight is 179 g/mol. The Morgan fingerprint density at radius 1 is 0.923 bits per heavy atom. The maximum Gasteiger partial charge on any atom is 0.00790 e. The summed E-state index contributed by atoms with van der Waals surface area (Å²) in [5.74, 6) is 1.08. The highest BCUT2D eigenvalue weighted by molar-refractivity contribution is 5.09. The lowest BCUT2D eigenvalue weighted by Crippen LogP contribution is -2.40. The summed E-state index contributed by atoms with van der Waals surface area (Å²) >= 11 is 0. The zero-order chi connectivity index (χ0) is 8.73.